The number of carboxylic acid groups (broad SMARTS) is 1. The molecule has 36 heavy (non-hydrogen) atoms. The minimum Gasteiger partial charge on any atom is -0.480 e. The van der Waals surface area contributed by atoms with Crippen LogP contribution in [0.2, 0.25) is 5.02 Å². The molecule has 1 amide bonds. The Bertz CT molecular complexity index is 1470. The zero-order chi connectivity index (χ0) is 25.6. The number of nitrogens with zero attached hydrogens (tertiary/aromatic N) is 3. The number of aliphatic carboxylic acids is 1. The van der Waals surface area contributed by atoms with Crippen molar-refractivity contribution >= 4 is 60.8 Å². The maximum Gasteiger partial charge on any atom is 0.327 e. The second-order valence-corrected chi connectivity index (χ2v) is 12.5. The summed E-state index contributed by atoms with van der Waals surface area (Å²) in [5.74, 6) is -1.42. The van der Waals surface area contributed by atoms with Gasteiger partial charge in [-0.05, 0) is 35.6 Å². The first-order valence-corrected chi connectivity index (χ1v) is 13.9. The van der Waals surface area contributed by atoms with E-state index in [9.17, 15) is 23.1 Å². The molecule has 0 aliphatic carbocycles. The van der Waals surface area contributed by atoms with Crippen LogP contribution in [0.3, 0.4) is 0 Å². The Labute approximate surface area is 217 Å². The molecule has 9 nitrogen and oxygen atoms in total. The van der Waals surface area contributed by atoms with Gasteiger partial charge < -0.3 is 14.9 Å². The molecule has 3 heterocycles. The molecule has 0 spiro atoms. The number of piperazine rings is 1. The first-order chi connectivity index (χ1) is 17.1. The Kier molecular flexibility index (Phi) is 6.50. The van der Waals surface area contributed by atoms with E-state index in [2.05, 4.69) is 0 Å². The summed E-state index contributed by atoms with van der Waals surface area (Å²) in [7, 11) is -4.08. The summed E-state index contributed by atoms with van der Waals surface area (Å²) in [6.45, 7) is 0.951. The van der Waals surface area contributed by atoms with Crippen LogP contribution in [-0.2, 0) is 26.2 Å². The third-order valence-corrected chi connectivity index (χ3v) is 10.1. The summed E-state index contributed by atoms with van der Waals surface area (Å²) in [5.41, 5.74) is 1.45. The van der Waals surface area contributed by atoms with E-state index in [1.54, 1.807) is 42.5 Å². The van der Waals surface area contributed by atoms with Crippen LogP contribution in [0.5, 0.6) is 0 Å². The molecule has 0 radical (unpaired) electrons. The summed E-state index contributed by atoms with van der Waals surface area (Å²) in [6.07, 6.45) is 1.07. The smallest absolute Gasteiger partial charge is 0.327 e. The zero-order valence-corrected chi connectivity index (χ0v) is 21.4. The standard InChI is InChI=1S/C24H23ClN4O5S2/c25-18-7-6-17-10-22(35-20(17)11-18)36(33,34)28-13-19(24(31)32)29(21(30)14-28)12-15-2-4-16(5-3-15)23(26)27-8-1-9-27/h2-7,10-11,19,26H,1,8-9,12-14H2,(H,31,32)/t19-/m1/s1. The fourth-order valence-electron chi connectivity index (χ4n) is 4.29. The van der Waals surface area contributed by atoms with Crippen LogP contribution in [0.4, 0.5) is 0 Å². The topological polar surface area (TPSA) is 122 Å². The monoisotopic (exact) mass is 546 g/mol. The number of nitrogens with one attached hydrogen (secondary N) is 1. The lowest BCUT2D eigenvalue weighted by atomic mass is 10.1. The molecule has 12 heteroatoms. The lowest BCUT2D eigenvalue weighted by molar-refractivity contribution is -0.154. The molecule has 2 fully saturated rings. The highest BCUT2D eigenvalue weighted by molar-refractivity contribution is 7.91. The Hall–Kier alpha value is -2.99. The summed E-state index contributed by atoms with van der Waals surface area (Å²) < 4.78 is 28.3. The number of hydrogen-bond acceptors (Lipinski definition) is 6. The number of rotatable bonds is 6. The minimum absolute atomic E-state index is 0.0302. The van der Waals surface area contributed by atoms with Gasteiger partial charge in [-0.25, -0.2) is 13.2 Å². The molecule has 2 N–H and O–H groups in total. The molecule has 188 valence electrons. The number of carbonyl (C=O) groups excluding carboxylic acids is 1. The maximum atomic E-state index is 13.3. The van der Waals surface area contributed by atoms with E-state index in [1.165, 1.54) is 11.0 Å². The van der Waals surface area contributed by atoms with Crippen molar-refractivity contribution in [3.8, 4) is 0 Å². The third-order valence-electron chi connectivity index (χ3n) is 6.48. The van der Waals surface area contributed by atoms with E-state index in [1.807, 2.05) is 4.90 Å². The average molecular weight is 547 g/mol. The van der Waals surface area contributed by atoms with Gasteiger partial charge in [0.2, 0.25) is 5.91 Å². The molecule has 0 bridgehead atoms. The highest BCUT2D eigenvalue weighted by Gasteiger charge is 2.42. The SMILES string of the molecule is N=C(c1ccc(CN2C(=O)CN(S(=O)(=O)c3cc4ccc(Cl)cc4s3)C[C@@H]2C(=O)O)cc1)N1CCC1. The van der Waals surface area contributed by atoms with Crippen LogP contribution in [0.1, 0.15) is 17.5 Å². The van der Waals surface area contributed by atoms with Gasteiger partial charge in [0.25, 0.3) is 10.0 Å². The lowest BCUT2D eigenvalue weighted by Gasteiger charge is -2.38. The molecular formula is C24H23ClN4O5S2. The first-order valence-electron chi connectivity index (χ1n) is 11.3. The maximum absolute atomic E-state index is 13.3. The van der Waals surface area contributed by atoms with Gasteiger partial charge in [0.15, 0.2) is 0 Å². The van der Waals surface area contributed by atoms with E-state index in [0.29, 0.717) is 26.5 Å². The van der Waals surface area contributed by atoms with Crippen molar-refractivity contribution in [3.63, 3.8) is 0 Å². The summed E-state index contributed by atoms with van der Waals surface area (Å²) >= 11 is 7.04. The summed E-state index contributed by atoms with van der Waals surface area (Å²) in [4.78, 5) is 28.3. The minimum atomic E-state index is -4.08. The van der Waals surface area contributed by atoms with Gasteiger partial charge in [0.05, 0.1) is 6.54 Å². The number of carbonyl (C=O) groups is 2. The number of likely N-dealkylation sites (tertiary alicyclic amines) is 1. The number of fused-ring (bicyclic) bond motifs is 1. The van der Waals surface area contributed by atoms with Gasteiger partial charge in [-0.2, -0.15) is 4.31 Å². The van der Waals surface area contributed by atoms with Crippen LogP contribution in [0.25, 0.3) is 10.1 Å². The third kappa shape index (κ3) is 4.59. The van der Waals surface area contributed by atoms with Crippen LogP contribution in [0.15, 0.2) is 52.7 Å². The van der Waals surface area contributed by atoms with Crippen LogP contribution in [0, 0.1) is 5.41 Å². The number of benzene rings is 2. The largest absolute Gasteiger partial charge is 0.480 e. The van der Waals surface area contributed by atoms with Crippen molar-refractivity contribution in [2.75, 3.05) is 26.2 Å². The highest BCUT2D eigenvalue weighted by Crippen LogP contribution is 2.33. The average Bonchev–Trinajstić information content (AvgIpc) is 3.23. The number of sulfonamides is 1. The molecule has 1 atom stereocenters. The molecule has 1 aromatic heterocycles. The van der Waals surface area contributed by atoms with E-state index in [4.69, 9.17) is 17.0 Å². The van der Waals surface area contributed by atoms with Crippen LogP contribution < -0.4 is 0 Å². The highest BCUT2D eigenvalue weighted by atomic mass is 35.5. The number of carboxylic acids is 1. The Morgan fingerprint density at radius 2 is 1.86 bits per heavy atom. The molecule has 5 rings (SSSR count). The number of halogens is 1. The van der Waals surface area contributed by atoms with Crippen molar-refractivity contribution in [3.05, 3.63) is 64.7 Å². The first kappa shape index (κ1) is 24.7. The van der Waals surface area contributed by atoms with Crippen molar-refractivity contribution in [1.82, 2.24) is 14.1 Å². The molecule has 2 saturated heterocycles. The molecule has 2 aromatic carbocycles. The predicted octanol–water partition coefficient (Wildman–Crippen LogP) is 3.07. The number of thiophene rings is 1. The Morgan fingerprint density at radius 3 is 2.50 bits per heavy atom. The summed E-state index contributed by atoms with van der Waals surface area (Å²) in [5, 5.41) is 19.3. The van der Waals surface area contributed by atoms with E-state index in [0.717, 1.165) is 40.7 Å². The predicted molar refractivity (Wildman–Crippen MR) is 137 cm³/mol. The normalized spacial score (nSPS) is 18.9. The van der Waals surface area contributed by atoms with Gasteiger partial charge >= 0.3 is 5.97 Å². The number of amides is 1. The Morgan fingerprint density at radius 1 is 1.14 bits per heavy atom. The molecule has 3 aromatic rings. The van der Waals surface area contributed by atoms with Crippen molar-refractivity contribution in [2.24, 2.45) is 0 Å². The van der Waals surface area contributed by atoms with Crippen LogP contribution >= 0.6 is 22.9 Å². The van der Waals surface area contributed by atoms with Gasteiger partial charge in [-0.15, -0.1) is 11.3 Å². The Balaban J connectivity index is 1.34. The van der Waals surface area contributed by atoms with E-state index < -0.39 is 34.5 Å². The van der Waals surface area contributed by atoms with Crippen molar-refractivity contribution in [2.45, 2.75) is 23.2 Å². The lowest BCUT2D eigenvalue weighted by Crippen LogP contribution is -2.59. The molecule has 0 unspecified atom stereocenters. The fourth-order valence-corrected chi connectivity index (χ4v) is 7.51. The van der Waals surface area contributed by atoms with Gasteiger partial charge in [0, 0.05) is 41.5 Å². The van der Waals surface area contributed by atoms with Gasteiger partial charge in [0.1, 0.15) is 16.1 Å². The summed E-state index contributed by atoms with van der Waals surface area (Å²) in [6, 6.07) is 12.3. The number of hydrogen-bond donors (Lipinski definition) is 2. The van der Waals surface area contributed by atoms with Crippen molar-refractivity contribution in [1.29, 1.82) is 5.41 Å². The van der Waals surface area contributed by atoms with Gasteiger partial charge in [-0.1, -0.05) is 41.9 Å². The molecular weight excluding hydrogens is 524 g/mol. The fraction of sp³-hybridized carbons (Fsp3) is 0.292. The van der Waals surface area contributed by atoms with E-state index >= 15 is 0 Å². The number of amidine groups is 1. The quantitative estimate of drug-likeness (QED) is 0.362. The molecule has 2 aliphatic heterocycles. The molecule has 2 aliphatic rings. The van der Waals surface area contributed by atoms with Gasteiger partial charge in [-0.3, -0.25) is 10.2 Å². The van der Waals surface area contributed by atoms with E-state index in [-0.39, 0.29) is 17.3 Å². The zero-order valence-electron chi connectivity index (χ0n) is 19.1. The van der Waals surface area contributed by atoms with Crippen molar-refractivity contribution < 1.29 is 23.1 Å². The second kappa shape index (κ2) is 9.47. The van der Waals surface area contributed by atoms with Crippen LogP contribution in [-0.4, -0.2) is 77.6 Å². The molecule has 0 saturated carbocycles. The second-order valence-electron chi connectivity index (χ2n) is 8.81.